The molecule has 0 spiro atoms. The Morgan fingerprint density at radius 1 is 1.07 bits per heavy atom. The fraction of sp³-hybridized carbons (Fsp3) is 0.261. The maximum atomic E-state index is 12.6. The molecule has 4 nitrogen and oxygen atoms in total. The van der Waals surface area contributed by atoms with Crippen LogP contribution in [0, 0.1) is 6.92 Å². The smallest absolute Gasteiger partial charge is 0.234 e. The minimum Gasteiger partial charge on any atom is -0.492 e. The Morgan fingerprint density at radius 2 is 1.82 bits per heavy atom. The molecule has 0 aliphatic rings. The molecule has 0 aliphatic heterocycles. The van der Waals surface area contributed by atoms with Crippen LogP contribution in [-0.4, -0.2) is 37.6 Å². The number of likely N-dealkylation sites (N-methyl/N-ethyl adjacent to an activating group) is 1. The van der Waals surface area contributed by atoms with E-state index in [1.165, 1.54) is 5.56 Å². The van der Waals surface area contributed by atoms with E-state index in [0.717, 1.165) is 16.2 Å². The van der Waals surface area contributed by atoms with Gasteiger partial charge in [0.05, 0.1) is 12.6 Å². The van der Waals surface area contributed by atoms with E-state index in [4.69, 9.17) is 4.74 Å². The second kappa shape index (κ2) is 10.1. The third-order valence-electron chi connectivity index (χ3n) is 4.44. The summed E-state index contributed by atoms with van der Waals surface area (Å²) in [5.74, 6) is 0.852. The first-order chi connectivity index (χ1) is 13.6. The highest BCUT2D eigenvalue weighted by Gasteiger charge is 2.18. The van der Waals surface area contributed by atoms with Crippen molar-refractivity contribution < 1.29 is 9.53 Å². The van der Waals surface area contributed by atoms with Gasteiger partial charge >= 0.3 is 0 Å². The highest BCUT2D eigenvalue weighted by Crippen LogP contribution is 2.25. The largest absolute Gasteiger partial charge is 0.492 e. The molecular weight excluding hydrogens is 368 g/mol. The lowest BCUT2D eigenvalue weighted by molar-refractivity contribution is -0.122. The number of hydrogen-bond acceptors (Lipinski definition) is 4. The van der Waals surface area contributed by atoms with Gasteiger partial charge < -0.3 is 10.1 Å². The zero-order chi connectivity index (χ0) is 19.8. The number of benzene rings is 2. The Bertz CT molecular complexity index is 848. The lowest BCUT2D eigenvalue weighted by Crippen LogP contribution is -2.38. The Hall–Kier alpha value is -2.63. The first-order valence-electron chi connectivity index (χ1n) is 9.37. The number of nitrogens with zero attached hydrogens (tertiary/aromatic N) is 1. The predicted molar refractivity (Wildman–Crippen MR) is 115 cm³/mol. The van der Waals surface area contributed by atoms with Crippen molar-refractivity contribution in [2.24, 2.45) is 0 Å². The molecule has 0 aliphatic carbocycles. The molecule has 0 bridgehead atoms. The molecule has 1 unspecified atom stereocenters. The van der Waals surface area contributed by atoms with Crippen LogP contribution in [0.4, 0.5) is 0 Å². The molecule has 0 radical (unpaired) electrons. The van der Waals surface area contributed by atoms with Gasteiger partial charge in [0.15, 0.2) is 0 Å². The molecule has 1 aromatic heterocycles. The molecule has 0 saturated carbocycles. The van der Waals surface area contributed by atoms with Gasteiger partial charge in [-0.1, -0.05) is 54.1 Å². The molecule has 3 aromatic rings. The zero-order valence-corrected chi connectivity index (χ0v) is 17.1. The molecule has 0 fully saturated rings. The number of thiophene rings is 1. The fourth-order valence-electron chi connectivity index (χ4n) is 2.90. The Morgan fingerprint density at radius 3 is 2.50 bits per heavy atom. The molecule has 3 rings (SSSR count). The lowest BCUT2D eigenvalue weighted by atomic mass is 10.1. The normalized spacial score (nSPS) is 12.0. The van der Waals surface area contributed by atoms with E-state index in [0.29, 0.717) is 19.7 Å². The van der Waals surface area contributed by atoms with Gasteiger partial charge in [0.2, 0.25) is 5.91 Å². The van der Waals surface area contributed by atoms with Gasteiger partial charge in [0.1, 0.15) is 12.4 Å². The summed E-state index contributed by atoms with van der Waals surface area (Å²) in [6.07, 6.45) is 0. The summed E-state index contributed by atoms with van der Waals surface area (Å²) in [5.41, 5.74) is 2.29. The summed E-state index contributed by atoms with van der Waals surface area (Å²) in [6, 6.07) is 22.0. The Balaban J connectivity index is 1.50. The third-order valence-corrected chi connectivity index (χ3v) is 5.38. The van der Waals surface area contributed by atoms with Gasteiger partial charge in [0.25, 0.3) is 0 Å². The van der Waals surface area contributed by atoms with E-state index >= 15 is 0 Å². The molecule has 1 N–H and O–H groups in total. The van der Waals surface area contributed by atoms with E-state index in [9.17, 15) is 4.79 Å². The number of carbonyl (C=O) groups excluding carboxylic acids is 1. The number of hydrogen-bond donors (Lipinski definition) is 1. The SMILES string of the molecule is Cc1ccc(OCCN(C)CC(=O)NC(c2ccccc2)c2cccs2)cc1. The number of ether oxygens (including phenoxy) is 1. The predicted octanol–water partition coefficient (Wildman–Crippen LogP) is 4.27. The Labute approximate surface area is 170 Å². The number of nitrogens with one attached hydrogen (secondary N) is 1. The summed E-state index contributed by atoms with van der Waals surface area (Å²) in [4.78, 5) is 15.7. The second-order valence-corrected chi connectivity index (χ2v) is 7.81. The highest BCUT2D eigenvalue weighted by atomic mass is 32.1. The molecule has 1 amide bonds. The summed E-state index contributed by atoms with van der Waals surface area (Å²) in [6.45, 7) is 3.59. The van der Waals surface area contributed by atoms with Crippen molar-refractivity contribution in [2.75, 3.05) is 26.7 Å². The van der Waals surface area contributed by atoms with Crippen LogP contribution in [-0.2, 0) is 4.79 Å². The van der Waals surface area contributed by atoms with E-state index in [2.05, 4.69) is 18.3 Å². The standard InChI is InChI=1S/C23H26N2O2S/c1-18-10-12-20(13-11-18)27-15-14-25(2)17-22(26)24-23(21-9-6-16-28-21)19-7-4-3-5-8-19/h3-13,16,23H,14-15,17H2,1-2H3,(H,24,26). The van der Waals surface area contributed by atoms with Crippen LogP contribution in [0.25, 0.3) is 0 Å². The van der Waals surface area contributed by atoms with E-state index in [-0.39, 0.29) is 11.9 Å². The van der Waals surface area contributed by atoms with Crippen molar-refractivity contribution in [3.8, 4) is 5.75 Å². The third kappa shape index (κ3) is 5.94. The molecule has 2 aromatic carbocycles. The molecule has 1 atom stereocenters. The van der Waals surface area contributed by atoms with Crippen molar-refractivity contribution in [1.29, 1.82) is 0 Å². The number of amides is 1. The average Bonchev–Trinajstić information content (AvgIpc) is 3.23. The van der Waals surface area contributed by atoms with Crippen molar-refractivity contribution >= 4 is 17.2 Å². The van der Waals surface area contributed by atoms with Gasteiger partial charge in [-0.25, -0.2) is 0 Å². The molecule has 1 heterocycles. The number of carbonyl (C=O) groups is 1. The van der Waals surface area contributed by atoms with Gasteiger partial charge in [-0.2, -0.15) is 0 Å². The van der Waals surface area contributed by atoms with Gasteiger partial charge in [0, 0.05) is 11.4 Å². The van der Waals surface area contributed by atoms with Crippen molar-refractivity contribution in [2.45, 2.75) is 13.0 Å². The summed E-state index contributed by atoms with van der Waals surface area (Å²) in [5, 5.41) is 5.20. The lowest BCUT2D eigenvalue weighted by Gasteiger charge is -2.21. The van der Waals surface area contributed by atoms with Gasteiger partial charge in [-0.15, -0.1) is 11.3 Å². The second-order valence-electron chi connectivity index (χ2n) is 6.83. The summed E-state index contributed by atoms with van der Waals surface area (Å²) >= 11 is 1.65. The van der Waals surface area contributed by atoms with Crippen LogP contribution in [0.15, 0.2) is 72.1 Å². The molecule has 5 heteroatoms. The van der Waals surface area contributed by atoms with Crippen LogP contribution in [0.1, 0.15) is 22.0 Å². The number of aryl methyl sites for hydroxylation is 1. The molecule has 0 saturated heterocycles. The fourth-order valence-corrected chi connectivity index (χ4v) is 3.71. The molecule has 146 valence electrons. The average molecular weight is 395 g/mol. The topological polar surface area (TPSA) is 41.6 Å². The van der Waals surface area contributed by atoms with E-state index < -0.39 is 0 Å². The van der Waals surface area contributed by atoms with Gasteiger partial charge in [-0.05, 0) is 43.1 Å². The first kappa shape index (κ1) is 20.1. The van der Waals surface area contributed by atoms with Crippen molar-refractivity contribution in [3.63, 3.8) is 0 Å². The minimum absolute atomic E-state index is 0.0000824. The monoisotopic (exact) mass is 394 g/mol. The Kier molecular flexibility index (Phi) is 7.23. The summed E-state index contributed by atoms with van der Waals surface area (Å²) < 4.78 is 5.75. The van der Waals surface area contributed by atoms with Crippen LogP contribution < -0.4 is 10.1 Å². The maximum Gasteiger partial charge on any atom is 0.234 e. The molecular formula is C23H26N2O2S. The minimum atomic E-state index is -0.120. The zero-order valence-electron chi connectivity index (χ0n) is 16.3. The maximum absolute atomic E-state index is 12.6. The van der Waals surface area contributed by atoms with Crippen molar-refractivity contribution in [3.05, 3.63) is 88.1 Å². The quantitative estimate of drug-likeness (QED) is 0.589. The van der Waals surface area contributed by atoms with Crippen molar-refractivity contribution in [1.82, 2.24) is 10.2 Å². The van der Waals surface area contributed by atoms with E-state index in [1.807, 2.05) is 78.0 Å². The van der Waals surface area contributed by atoms with E-state index in [1.54, 1.807) is 11.3 Å². The van der Waals surface area contributed by atoms with Gasteiger partial charge in [-0.3, -0.25) is 9.69 Å². The highest BCUT2D eigenvalue weighted by molar-refractivity contribution is 7.10. The summed E-state index contributed by atoms with van der Waals surface area (Å²) in [7, 11) is 1.93. The first-order valence-corrected chi connectivity index (χ1v) is 10.3. The number of rotatable bonds is 9. The van der Waals surface area contributed by atoms with Crippen LogP contribution >= 0.6 is 11.3 Å². The van der Waals surface area contributed by atoms with Crippen LogP contribution in [0.5, 0.6) is 5.75 Å². The molecule has 28 heavy (non-hydrogen) atoms. The van der Waals surface area contributed by atoms with Crippen LogP contribution in [0.2, 0.25) is 0 Å². The van der Waals surface area contributed by atoms with Crippen LogP contribution in [0.3, 0.4) is 0 Å².